The maximum atomic E-state index is 7.00. The summed E-state index contributed by atoms with van der Waals surface area (Å²) in [5.41, 5.74) is 4.88. The Morgan fingerprint density at radius 1 is 1.12 bits per heavy atom. The van der Waals surface area contributed by atoms with Crippen LogP contribution >= 0.6 is 0 Å². The molecule has 3 aromatic heterocycles. The van der Waals surface area contributed by atoms with E-state index >= 15 is 0 Å². The van der Waals surface area contributed by atoms with Crippen molar-refractivity contribution in [1.29, 1.82) is 0 Å². The molecule has 9 heteroatoms. The number of anilines is 2. The number of aromatic nitrogens is 5. The Hall–Kier alpha value is -2.26. The molecule has 0 amide bonds. The molecule has 0 aliphatic carbocycles. The molecule has 8 nitrogen and oxygen atoms in total. The van der Waals surface area contributed by atoms with Crippen LogP contribution in [-0.4, -0.2) is 50.5 Å². The van der Waals surface area contributed by atoms with Crippen LogP contribution in [-0.2, 0) is 32.7 Å². The minimum absolute atomic E-state index is 0. The second kappa shape index (κ2) is 11.6. The van der Waals surface area contributed by atoms with Crippen molar-refractivity contribution < 1.29 is 37.8 Å². The largest absolute Gasteiger partial charge is 0.662 e. The van der Waals surface area contributed by atoms with Crippen LogP contribution in [0.25, 0.3) is 27.5 Å². The van der Waals surface area contributed by atoms with Crippen molar-refractivity contribution in [2.24, 2.45) is 0 Å². The first-order valence-electron chi connectivity index (χ1n) is 10.3. The Labute approximate surface area is 212 Å². The summed E-state index contributed by atoms with van der Waals surface area (Å²) >= 11 is 0. The number of pyridine rings is 1. The van der Waals surface area contributed by atoms with Gasteiger partial charge in [-0.3, -0.25) is 10.1 Å². The fourth-order valence-corrected chi connectivity index (χ4v) is 3.79. The van der Waals surface area contributed by atoms with Crippen molar-refractivity contribution >= 4 is 22.4 Å². The summed E-state index contributed by atoms with van der Waals surface area (Å²) in [7, 11) is 1.00. The molecule has 1 aliphatic heterocycles. The summed E-state index contributed by atoms with van der Waals surface area (Å²) in [6, 6.07) is 10.3. The number of nitrogens with one attached hydrogen (secondary N) is 2. The number of hydrogen-bond acceptors (Lipinski definition) is 6. The van der Waals surface area contributed by atoms with Crippen molar-refractivity contribution in [2.45, 2.75) is 25.7 Å². The molecule has 1 aromatic carbocycles. The molecule has 1 aliphatic rings. The minimum atomic E-state index is 0. The van der Waals surface area contributed by atoms with E-state index in [9.17, 15) is 0 Å². The van der Waals surface area contributed by atoms with E-state index in [-0.39, 0.29) is 38.6 Å². The van der Waals surface area contributed by atoms with E-state index in [0.717, 1.165) is 72.5 Å². The standard InChI is InChI=1S/C22H22N7.CH4O.Y/c1-14-4-2-6-16(8-14)26-21-9-19(17-11-24-13-20-18(17)12-25-29-20)27-22(28-21)15-5-3-7-23-10-15;1-2;/h2,4,6,8-9,11-13,15H,3,5,7,10H2,1H3,(H,25,29)(H,26,27,28);2H,1H3;/q-1;;. The topological polar surface area (TPSA) is 114 Å². The van der Waals surface area contributed by atoms with Crippen molar-refractivity contribution in [3.63, 3.8) is 0 Å². The third kappa shape index (κ3) is 5.56. The number of aromatic amines is 1. The number of piperidine rings is 1. The first-order valence-corrected chi connectivity index (χ1v) is 10.3. The molecule has 5 rings (SSSR count). The minimum Gasteiger partial charge on any atom is -0.662 e. The molecule has 1 unspecified atom stereocenters. The predicted molar refractivity (Wildman–Crippen MR) is 123 cm³/mol. The molecule has 3 N–H and O–H groups in total. The fourth-order valence-electron chi connectivity index (χ4n) is 3.79. The van der Waals surface area contributed by atoms with Crippen LogP contribution in [0.2, 0.25) is 0 Å². The Morgan fingerprint density at radius 2 is 2.00 bits per heavy atom. The predicted octanol–water partition coefficient (Wildman–Crippen LogP) is 4.32. The first kappa shape index (κ1) is 24.4. The third-order valence-corrected chi connectivity index (χ3v) is 5.26. The molecule has 4 heterocycles. The maximum absolute atomic E-state index is 7.00. The zero-order chi connectivity index (χ0) is 21.6. The van der Waals surface area contributed by atoms with Crippen LogP contribution < -0.4 is 5.32 Å². The first-order chi connectivity index (χ1) is 15.3. The van der Waals surface area contributed by atoms with Gasteiger partial charge in [0.25, 0.3) is 0 Å². The van der Waals surface area contributed by atoms with Gasteiger partial charge in [-0.05, 0) is 31.0 Å². The number of benzene rings is 1. The van der Waals surface area contributed by atoms with Gasteiger partial charge in [-0.15, -0.1) is 13.1 Å². The van der Waals surface area contributed by atoms with E-state index < -0.39 is 0 Å². The average molecular weight is 505 g/mol. The van der Waals surface area contributed by atoms with Crippen LogP contribution in [0.3, 0.4) is 0 Å². The van der Waals surface area contributed by atoms with Crippen LogP contribution in [0.5, 0.6) is 0 Å². The van der Waals surface area contributed by atoms with E-state index in [4.69, 9.17) is 15.1 Å². The number of rotatable bonds is 4. The molecule has 0 saturated carbocycles. The smallest absolute Gasteiger partial charge is 0.134 e. The Balaban J connectivity index is 0.000000938. The van der Waals surface area contributed by atoms with Gasteiger partial charge in [-0.1, -0.05) is 18.6 Å². The van der Waals surface area contributed by atoms with Gasteiger partial charge in [0.2, 0.25) is 0 Å². The van der Waals surface area contributed by atoms with Crippen molar-refractivity contribution in [2.75, 3.05) is 25.5 Å². The van der Waals surface area contributed by atoms with Gasteiger partial charge in [0, 0.05) is 74.6 Å². The quantitative estimate of drug-likeness (QED) is 0.381. The van der Waals surface area contributed by atoms with Crippen molar-refractivity contribution in [1.82, 2.24) is 25.1 Å². The van der Waals surface area contributed by atoms with Gasteiger partial charge in [0.1, 0.15) is 11.6 Å². The number of aryl methyl sites for hydroxylation is 1. The van der Waals surface area contributed by atoms with Crippen LogP contribution in [0.15, 0.2) is 48.9 Å². The summed E-state index contributed by atoms with van der Waals surface area (Å²) < 4.78 is 0. The zero-order valence-corrected chi connectivity index (χ0v) is 21.1. The van der Waals surface area contributed by atoms with Gasteiger partial charge in [-0.25, -0.2) is 9.97 Å². The van der Waals surface area contributed by atoms with Crippen LogP contribution in [0, 0.1) is 6.92 Å². The van der Waals surface area contributed by atoms with Crippen LogP contribution in [0.4, 0.5) is 11.5 Å². The number of fused-ring (bicyclic) bond motifs is 1. The normalized spacial score (nSPS) is 15.4. The summed E-state index contributed by atoms with van der Waals surface area (Å²) in [5.74, 6) is 1.86. The molecule has 1 atom stereocenters. The summed E-state index contributed by atoms with van der Waals surface area (Å²) in [5, 5.41) is 23.2. The number of hydrogen-bond donors (Lipinski definition) is 3. The Morgan fingerprint density at radius 3 is 2.78 bits per heavy atom. The van der Waals surface area contributed by atoms with Gasteiger partial charge < -0.3 is 15.7 Å². The SMILES string of the molecule is CO.Cc1cccc(Nc2cc(-c3cncc4[nH]ncc34)nc(C3CCC[N-]C3)n2)c1.[Y]. The van der Waals surface area contributed by atoms with Crippen LogP contribution in [0.1, 0.15) is 30.1 Å². The van der Waals surface area contributed by atoms with E-state index in [2.05, 4.69) is 44.9 Å². The second-order valence-electron chi connectivity index (χ2n) is 7.48. The van der Waals surface area contributed by atoms with E-state index in [1.54, 1.807) is 6.20 Å². The van der Waals surface area contributed by atoms with E-state index in [1.807, 2.05) is 30.6 Å². The molecule has 1 saturated heterocycles. The van der Waals surface area contributed by atoms with Crippen molar-refractivity contribution in [3.05, 3.63) is 65.6 Å². The summed E-state index contributed by atoms with van der Waals surface area (Å²) in [6.45, 7) is 3.79. The molecular weight excluding hydrogens is 479 g/mol. The number of aliphatic hydroxyl groups is 1. The van der Waals surface area contributed by atoms with E-state index in [1.165, 1.54) is 5.56 Å². The number of aliphatic hydroxyl groups excluding tert-OH is 1. The third-order valence-electron chi connectivity index (χ3n) is 5.26. The van der Waals surface area contributed by atoms with Gasteiger partial charge in [0.05, 0.1) is 23.6 Å². The van der Waals surface area contributed by atoms with E-state index in [0.29, 0.717) is 0 Å². The Kier molecular flexibility index (Phi) is 8.81. The molecule has 1 radical (unpaired) electrons. The molecule has 1 fully saturated rings. The average Bonchev–Trinajstić information content (AvgIpc) is 3.30. The zero-order valence-electron chi connectivity index (χ0n) is 18.3. The van der Waals surface area contributed by atoms with Gasteiger partial charge in [-0.2, -0.15) is 5.10 Å². The molecular formula is C23H26N7OY-. The monoisotopic (exact) mass is 505 g/mol. The summed E-state index contributed by atoms with van der Waals surface area (Å²) in [4.78, 5) is 14.1. The number of nitrogens with zero attached hydrogens (tertiary/aromatic N) is 5. The van der Waals surface area contributed by atoms with Crippen molar-refractivity contribution in [3.8, 4) is 11.3 Å². The second-order valence-corrected chi connectivity index (χ2v) is 7.48. The number of H-pyrrole nitrogens is 1. The Bertz CT molecular complexity index is 1160. The molecule has 0 bridgehead atoms. The molecule has 163 valence electrons. The van der Waals surface area contributed by atoms with Gasteiger partial charge in [0.15, 0.2) is 0 Å². The molecule has 0 spiro atoms. The van der Waals surface area contributed by atoms with Gasteiger partial charge >= 0.3 is 0 Å². The fraction of sp³-hybridized carbons (Fsp3) is 0.304. The maximum Gasteiger partial charge on any atom is 0.134 e. The molecule has 32 heavy (non-hydrogen) atoms. The summed E-state index contributed by atoms with van der Waals surface area (Å²) in [6.07, 6.45) is 7.58. The molecule has 4 aromatic rings.